The maximum atomic E-state index is 4.66. The van der Waals surface area contributed by atoms with E-state index in [9.17, 15) is 0 Å². The number of aryl methyl sites for hydroxylation is 2. The molecule has 4 rings (SSSR count). The minimum atomic E-state index is 0.247. The van der Waals surface area contributed by atoms with Gasteiger partial charge in [0.05, 0.1) is 5.69 Å². The molecule has 2 heterocycles. The molecule has 1 aliphatic carbocycles. The summed E-state index contributed by atoms with van der Waals surface area (Å²) in [6, 6.07) is 9.06. The van der Waals surface area contributed by atoms with E-state index < -0.39 is 0 Å². The van der Waals surface area contributed by atoms with Crippen LogP contribution in [-0.4, -0.2) is 39.9 Å². The van der Waals surface area contributed by atoms with Crippen LogP contribution < -0.4 is 5.32 Å². The molecule has 0 bridgehead atoms. The summed E-state index contributed by atoms with van der Waals surface area (Å²) in [6.45, 7) is 9.83. The third-order valence-electron chi connectivity index (χ3n) is 6.45. The van der Waals surface area contributed by atoms with Gasteiger partial charge in [0.2, 0.25) is 0 Å². The topological polar surface area (TPSA) is 33.1 Å². The summed E-state index contributed by atoms with van der Waals surface area (Å²) in [5.74, 6) is 0. The zero-order chi connectivity index (χ0) is 18.7. The summed E-state index contributed by atoms with van der Waals surface area (Å²) in [6.07, 6.45) is 9.81. The highest BCUT2D eigenvalue weighted by molar-refractivity contribution is 5.37. The Labute approximate surface area is 164 Å². The summed E-state index contributed by atoms with van der Waals surface area (Å²) in [5, 5.41) is 8.47. The second kappa shape index (κ2) is 8.15. The van der Waals surface area contributed by atoms with Crippen LogP contribution in [0.2, 0.25) is 0 Å². The number of benzene rings is 1. The molecule has 0 unspecified atom stereocenters. The Balaban J connectivity index is 1.46. The molecule has 0 atom stereocenters. The maximum Gasteiger partial charge on any atom is 0.0638 e. The third-order valence-corrected chi connectivity index (χ3v) is 6.45. The lowest BCUT2D eigenvalue weighted by molar-refractivity contribution is 0.0724. The van der Waals surface area contributed by atoms with Gasteiger partial charge in [-0.1, -0.05) is 37.6 Å². The molecule has 1 aromatic carbocycles. The lowest BCUT2D eigenvalue weighted by Crippen LogP contribution is -2.57. The monoisotopic (exact) mass is 366 g/mol. The fourth-order valence-corrected chi connectivity index (χ4v) is 5.01. The average Bonchev–Trinajstić information content (AvgIpc) is 3.24. The normalized spacial score (nSPS) is 19.3. The smallest absolute Gasteiger partial charge is 0.0638 e. The number of nitrogens with one attached hydrogen (secondary N) is 1. The number of fused-ring (bicyclic) bond motifs is 1. The van der Waals surface area contributed by atoms with Gasteiger partial charge in [-0.3, -0.25) is 9.58 Å². The van der Waals surface area contributed by atoms with Crippen LogP contribution in [0.25, 0.3) is 0 Å². The minimum absolute atomic E-state index is 0.247. The zero-order valence-corrected chi connectivity index (χ0v) is 17.0. The molecule has 4 heteroatoms. The Morgan fingerprint density at radius 1 is 1.07 bits per heavy atom. The summed E-state index contributed by atoms with van der Waals surface area (Å²) in [4.78, 5) is 2.79. The van der Waals surface area contributed by atoms with Crippen molar-refractivity contribution in [1.29, 1.82) is 0 Å². The molecule has 0 saturated carbocycles. The van der Waals surface area contributed by atoms with Crippen molar-refractivity contribution in [2.24, 2.45) is 0 Å². The van der Waals surface area contributed by atoms with Crippen molar-refractivity contribution < 1.29 is 0 Å². The number of nitrogens with zero attached hydrogens (tertiary/aromatic N) is 3. The van der Waals surface area contributed by atoms with Gasteiger partial charge in [0.25, 0.3) is 0 Å². The molecule has 1 saturated heterocycles. The lowest BCUT2D eigenvalue weighted by Gasteiger charge is -2.44. The van der Waals surface area contributed by atoms with Crippen molar-refractivity contribution in [3.8, 4) is 0 Å². The molecule has 1 N–H and O–H groups in total. The Hall–Kier alpha value is -1.65. The Morgan fingerprint density at radius 3 is 2.44 bits per heavy atom. The van der Waals surface area contributed by atoms with E-state index in [1.54, 1.807) is 11.1 Å². The largest absolute Gasteiger partial charge is 0.311 e. The van der Waals surface area contributed by atoms with E-state index in [1.165, 1.54) is 50.8 Å². The second-order valence-corrected chi connectivity index (χ2v) is 8.50. The third kappa shape index (κ3) is 3.97. The van der Waals surface area contributed by atoms with Gasteiger partial charge in [-0.15, -0.1) is 0 Å². The average molecular weight is 367 g/mol. The fraction of sp³-hybridized carbons (Fsp3) is 0.609. The van der Waals surface area contributed by atoms with E-state index in [1.807, 2.05) is 0 Å². The highest BCUT2D eigenvalue weighted by Crippen LogP contribution is 2.36. The number of aromatic nitrogens is 2. The highest BCUT2D eigenvalue weighted by atomic mass is 15.3. The molecular weight excluding hydrogens is 332 g/mol. The van der Waals surface area contributed by atoms with Crippen molar-refractivity contribution in [3.05, 3.63) is 52.8 Å². The SMILES string of the molecule is CCCn1cc(CNCC2(N3CCCCC3)Cc3ccccc3C2)c(C)n1. The van der Waals surface area contributed by atoms with Gasteiger partial charge < -0.3 is 5.32 Å². The van der Waals surface area contributed by atoms with Crippen LogP contribution in [0, 0.1) is 6.92 Å². The first kappa shape index (κ1) is 18.7. The molecule has 1 aliphatic heterocycles. The summed E-state index contributed by atoms with van der Waals surface area (Å²) in [7, 11) is 0. The quantitative estimate of drug-likeness (QED) is 0.811. The van der Waals surface area contributed by atoms with Gasteiger partial charge in [-0.05, 0) is 63.2 Å². The van der Waals surface area contributed by atoms with Gasteiger partial charge in [-0.2, -0.15) is 5.10 Å². The van der Waals surface area contributed by atoms with E-state index in [4.69, 9.17) is 0 Å². The standard InChI is InChI=1S/C23H34N4/c1-3-11-27-17-22(19(2)25-27)16-24-18-23(26-12-7-4-8-13-26)14-20-9-5-6-10-21(20)15-23/h5-6,9-10,17,24H,3-4,7-8,11-16,18H2,1-2H3. The molecule has 1 fully saturated rings. The van der Waals surface area contributed by atoms with E-state index in [0.29, 0.717) is 0 Å². The fourth-order valence-electron chi connectivity index (χ4n) is 5.01. The molecular formula is C23H34N4. The number of piperidine rings is 1. The number of likely N-dealkylation sites (tertiary alicyclic amines) is 1. The molecule has 2 aromatic rings. The molecule has 0 amide bonds. The predicted octanol–water partition coefficient (Wildman–Crippen LogP) is 3.71. The maximum absolute atomic E-state index is 4.66. The molecule has 2 aliphatic rings. The summed E-state index contributed by atoms with van der Waals surface area (Å²) >= 11 is 0. The zero-order valence-electron chi connectivity index (χ0n) is 17.0. The Morgan fingerprint density at radius 2 is 1.78 bits per heavy atom. The second-order valence-electron chi connectivity index (χ2n) is 8.50. The predicted molar refractivity (Wildman–Crippen MR) is 111 cm³/mol. The first-order valence-electron chi connectivity index (χ1n) is 10.8. The van der Waals surface area contributed by atoms with E-state index in [0.717, 1.165) is 31.7 Å². The Kier molecular flexibility index (Phi) is 5.65. The number of hydrogen-bond acceptors (Lipinski definition) is 3. The number of hydrogen-bond donors (Lipinski definition) is 1. The van der Waals surface area contributed by atoms with Crippen LogP contribution in [0.1, 0.15) is 55.0 Å². The van der Waals surface area contributed by atoms with Crippen LogP contribution in [0.15, 0.2) is 30.5 Å². The van der Waals surface area contributed by atoms with Crippen LogP contribution in [0.5, 0.6) is 0 Å². The van der Waals surface area contributed by atoms with Gasteiger partial charge in [0, 0.05) is 36.9 Å². The van der Waals surface area contributed by atoms with E-state index in [2.05, 4.69) is 64.3 Å². The molecule has 146 valence electrons. The Bertz CT molecular complexity index is 732. The number of rotatable bonds is 7. The van der Waals surface area contributed by atoms with Gasteiger partial charge >= 0.3 is 0 Å². The molecule has 0 spiro atoms. The van der Waals surface area contributed by atoms with E-state index in [-0.39, 0.29) is 5.54 Å². The van der Waals surface area contributed by atoms with Crippen molar-refractivity contribution >= 4 is 0 Å². The van der Waals surface area contributed by atoms with Gasteiger partial charge in [-0.25, -0.2) is 0 Å². The molecule has 4 nitrogen and oxygen atoms in total. The summed E-state index contributed by atoms with van der Waals surface area (Å²) < 4.78 is 2.10. The van der Waals surface area contributed by atoms with Crippen molar-refractivity contribution in [2.45, 2.75) is 71.0 Å². The van der Waals surface area contributed by atoms with Gasteiger partial charge in [0.1, 0.15) is 0 Å². The summed E-state index contributed by atoms with van der Waals surface area (Å²) in [5.41, 5.74) is 5.86. The van der Waals surface area contributed by atoms with Crippen molar-refractivity contribution in [2.75, 3.05) is 19.6 Å². The minimum Gasteiger partial charge on any atom is -0.311 e. The van der Waals surface area contributed by atoms with Crippen LogP contribution in [0.4, 0.5) is 0 Å². The molecule has 27 heavy (non-hydrogen) atoms. The molecule has 0 radical (unpaired) electrons. The van der Waals surface area contributed by atoms with Crippen molar-refractivity contribution in [3.63, 3.8) is 0 Å². The van der Waals surface area contributed by atoms with Crippen LogP contribution >= 0.6 is 0 Å². The first-order valence-corrected chi connectivity index (χ1v) is 10.8. The highest BCUT2D eigenvalue weighted by Gasteiger charge is 2.42. The first-order chi connectivity index (χ1) is 13.2. The lowest BCUT2D eigenvalue weighted by atomic mass is 9.90. The van der Waals surface area contributed by atoms with Gasteiger partial charge in [0.15, 0.2) is 0 Å². The van der Waals surface area contributed by atoms with Crippen LogP contribution in [0.3, 0.4) is 0 Å². The van der Waals surface area contributed by atoms with Crippen LogP contribution in [-0.2, 0) is 25.9 Å². The van der Waals surface area contributed by atoms with Crippen molar-refractivity contribution in [1.82, 2.24) is 20.0 Å². The molecule has 1 aromatic heterocycles. The van der Waals surface area contributed by atoms with E-state index >= 15 is 0 Å².